The van der Waals surface area contributed by atoms with E-state index in [0.717, 1.165) is 18.2 Å². The fourth-order valence-electron chi connectivity index (χ4n) is 2.49. The smallest absolute Gasteiger partial charge is 0.328 e. The fraction of sp³-hybridized carbons (Fsp3) is 0.227. The van der Waals surface area contributed by atoms with Crippen LogP contribution < -0.4 is 20.1 Å². The molecule has 2 aromatic rings. The van der Waals surface area contributed by atoms with Crippen molar-refractivity contribution in [2.45, 2.75) is 6.42 Å². The van der Waals surface area contributed by atoms with Crippen molar-refractivity contribution >= 4 is 41.0 Å². The second kappa shape index (κ2) is 13.4. The van der Waals surface area contributed by atoms with Crippen LogP contribution in [0.25, 0.3) is 0 Å². The molecule has 0 bridgehead atoms. The molecule has 0 saturated heterocycles. The second-order valence-corrected chi connectivity index (χ2v) is 7.56. The molecule has 34 heavy (non-hydrogen) atoms. The van der Waals surface area contributed by atoms with E-state index in [1.807, 2.05) is 0 Å². The van der Waals surface area contributed by atoms with Gasteiger partial charge in [-0.15, -0.1) is 0 Å². The Bertz CT molecular complexity index is 1080. The maximum absolute atomic E-state index is 13.4. The summed E-state index contributed by atoms with van der Waals surface area (Å²) >= 11 is 11.1. The van der Waals surface area contributed by atoms with Crippen LogP contribution in [0.15, 0.2) is 48.0 Å². The van der Waals surface area contributed by atoms with Crippen LogP contribution in [0.1, 0.15) is 6.42 Å². The van der Waals surface area contributed by atoms with Gasteiger partial charge in [-0.05, 0) is 36.3 Å². The first kappa shape index (κ1) is 26.9. The Balaban J connectivity index is 1.74. The van der Waals surface area contributed by atoms with Gasteiger partial charge in [-0.2, -0.15) is 0 Å². The average molecular weight is 517 g/mol. The first-order chi connectivity index (χ1) is 16.1. The van der Waals surface area contributed by atoms with E-state index >= 15 is 0 Å². The van der Waals surface area contributed by atoms with Crippen molar-refractivity contribution in [3.8, 4) is 11.5 Å². The van der Waals surface area contributed by atoms with Gasteiger partial charge in [0.15, 0.2) is 13.2 Å². The summed E-state index contributed by atoms with van der Waals surface area (Å²) < 4.78 is 37.1. The molecule has 3 N–H and O–H groups in total. The van der Waals surface area contributed by atoms with Gasteiger partial charge in [-0.3, -0.25) is 9.59 Å². The Kier molecular flexibility index (Phi) is 10.6. The summed E-state index contributed by atoms with van der Waals surface area (Å²) in [7, 11) is 0. The van der Waals surface area contributed by atoms with E-state index in [9.17, 15) is 23.2 Å². The van der Waals surface area contributed by atoms with Crippen molar-refractivity contribution in [3.05, 3.63) is 69.7 Å². The van der Waals surface area contributed by atoms with E-state index < -0.39 is 42.6 Å². The third-order valence-corrected chi connectivity index (χ3v) is 4.74. The fourth-order valence-corrected chi connectivity index (χ4v) is 2.73. The Hall–Kier alpha value is -3.37. The zero-order valence-electron chi connectivity index (χ0n) is 17.6. The van der Waals surface area contributed by atoms with Gasteiger partial charge in [0.05, 0.1) is 10.0 Å². The molecule has 0 spiro atoms. The predicted molar refractivity (Wildman–Crippen MR) is 120 cm³/mol. The predicted octanol–water partition coefficient (Wildman–Crippen LogP) is 3.36. The van der Waals surface area contributed by atoms with Crippen molar-refractivity contribution < 1.29 is 37.7 Å². The van der Waals surface area contributed by atoms with Crippen molar-refractivity contribution in [3.63, 3.8) is 0 Å². The zero-order valence-corrected chi connectivity index (χ0v) is 19.1. The van der Waals surface area contributed by atoms with E-state index in [-0.39, 0.29) is 41.1 Å². The van der Waals surface area contributed by atoms with Gasteiger partial charge in [0.2, 0.25) is 0 Å². The van der Waals surface area contributed by atoms with Gasteiger partial charge in [0.1, 0.15) is 23.1 Å². The highest BCUT2D eigenvalue weighted by Crippen LogP contribution is 2.21. The summed E-state index contributed by atoms with van der Waals surface area (Å²) in [6.07, 6.45) is 1.03. The van der Waals surface area contributed by atoms with E-state index in [1.165, 1.54) is 24.3 Å². The van der Waals surface area contributed by atoms with Crippen molar-refractivity contribution in [1.82, 2.24) is 10.6 Å². The Morgan fingerprint density at radius 1 is 0.882 bits per heavy atom. The molecule has 0 fully saturated rings. The van der Waals surface area contributed by atoms with Crippen LogP contribution in [0.3, 0.4) is 0 Å². The van der Waals surface area contributed by atoms with Gasteiger partial charge in [-0.25, -0.2) is 13.6 Å². The number of hydrogen-bond donors (Lipinski definition) is 3. The van der Waals surface area contributed by atoms with E-state index in [1.54, 1.807) is 0 Å². The molecule has 12 heteroatoms. The molecule has 2 aromatic carbocycles. The van der Waals surface area contributed by atoms with Crippen LogP contribution in [0.2, 0.25) is 10.0 Å². The summed E-state index contributed by atoms with van der Waals surface area (Å²) in [5.41, 5.74) is 0.319. The molecule has 0 atom stereocenters. The molecule has 0 unspecified atom stereocenters. The SMILES string of the molecule is O=C(O)/C=C(\CCNC(=O)COc1ccc(Cl)c(F)c1)CNC(=O)COc1ccc(Cl)c(F)c1. The number of carbonyl (C=O) groups is 3. The molecular weight excluding hydrogens is 497 g/mol. The largest absolute Gasteiger partial charge is 0.484 e. The number of carboxylic acid groups (broad SMARTS) is 1. The molecule has 0 aliphatic heterocycles. The van der Waals surface area contributed by atoms with Crippen LogP contribution >= 0.6 is 23.2 Å². The minimum atomic E-state index is -1.23. The summed E-state index contributed by atoms with van der Waals surface area (Å²) in [5.74, 6) is -3.47. The van der Waals surface area contributed by atoms with Gasteiger partial charge in [0.25, 0.3) is 11.8 Å². The van der Waals surface area contributed by atoms with Crippen LogP contribution in [-0.4, -0.2) is 49.2 Å². The van der Waals surface area contributed by atoms with Gasteiger partial charge < -0.3 is 25.2 Å². The zero-order chi connectivity index (χ0) is 25.1. The molecule has 2 rings (SSSR count). The third-order valence-electron chi connectivity index (χ3n) is 4.13. The molecule has 0 heterocycles. The number of rotatable bonds is 12. The number of amides is 2. The minimum Gasteiger partial charge on any atom is -0.484 e. The number of nitrogens with one attached hydrogen (secondary N) is 2. The molecule has 0 radical (unpaired) electrons. The molecular formula is C22H20Cl2F2N2O6. The second-order valence-electron chi connectivity index (χ2n) is 6.75. The number of halogens is 4. The summed E-state index contributed by atoms with van der Waals surface area (Å²) in [4.78, 5) is 34.9. The molecule has 0 saturated carbocycles. The standard InChI is InChI=1S/C22H20Cl2F2N2O6/c23-16-3-1-14(8-18(16)25)33-11-20(29)27-6-5-13(7-22(31)32)10-28-21(30)12-34-15-2-4-17(24)19(26)9-15/h1-4,7-9H,5-6,10-12H2,(H,27,29)(H,28,30)(H,31,32)/b13-7+. The van der Waals surface area contributed by atoms with Crippen LogP contribution in [0, 0.1) is 11.6 Å². The molecule has 8 nitrogen and oxygen atoms in total. The third kappa shape index (κ3) is 9.63. The number of carbonyl (C=O) groups excluding carboxylic acids is 2. The molecule has 2 amide bonds. The number of aliphatic carboxylic acids is 1. The van der Waals surface area contributed by atoms with Gasteiger partial charge in [0, 0.05) is 31.3 Å². The molecule has 182 valence electrons. The van der Waals surface area contributed by atoms with Crippen molar-refractivity contribution in [2.24, 2.45) is 0 Å². The molecule has 0 aliphatic rings. The summed E-state index contributed by atoms with van der Waals surface area (Å²) in [5, 5.41) is 13.8. The number of ether oxygens (including phenoxy) is 2. The first-order valence-corrected chi connectivity index (χ1v) is 10.5. The Morgan fingerprint density at radius 2 is 1.38 bits per heavy atom. The van der Waals surface area contributed by atoms with Crippen LogP contribution in [0.5, 0.6) is 11.5 Å². The number of carboxylic acids is 1. The summed E-state index contributed by atoms with van der Waals surface area (Å²) in [6.45, 7) is -0.869. The lowest BCUT2D eigenvalue weighted by atomic mass is 10.1. The Morgan fingerprint density at radius 3 is 1.85 bits per heavy atom. The first-order valence-electron chi connectivity index (χ1n) is 9.75. The monoisotopic (exact) mass is 516 g/mol. The van der Waals surface area contributed by atoms with Gasteiger partial charge in [-0.1, -0.05) is 23.2 Å². The van der Waals surface area contributed by atoms with Crippen LogP contribution in [0.4, 0.5) is 8.78 Å². The lowest BCUT2D eigenvalue weighted by molar-refractivity contribution is -0.131. The highest BCUT2D eigenvalue weighted by atomic mass is 35.5. The van der Waals surface area contributed by atoms with Crippen molar-refractivity contribution in [1.29, 1.82) is 0 Å². The van der Waals surface area contributed by atoms with E-state index in [0.29, 0.717) is 5.57 Å². The number of hydrogen-bond acceptors (Lipinski definition) is 5. The highest BCUT2D eigenvalue weighted by molar-refractivity contribution is 6.31. The average Bonchev–Trinajstić information content (AvgIpc) is 2.78. The number of benzene rings is 2. The maximum atomic E-state index is 13.4. The van der Waals surface area contributed by atoms with Crippen molar-refractivity contribution in [2.75, 3.05) is 26.3 Å². The van der Waals surface area contributed by atoms with Crippen LogP contribution in [-0.2, 0) is 14.4 Å². The molecule has 0 aliphatic carbocycles. The van der Waals surface area contributed by atoms with Gasteiger partial charge >= 0.3 is 5.97 Å². The summed E-state index contributed by atoms with van der Waals surface area (Å²) in [6, 6.07) is 7.44. The van der Waals surface area contributed by atoms with E-state index in [4.69, 9.17) is 37.8 Å². The lowest BCUT2D eigenvalue weighted by Gasteiger charge is -2.11. The highest BCUT2D eigenvalue weighted by Gasteiger charge is 2.09. The maximum Gasteiger partial charge on any atom is 0.328 e. The minimum absolute atomic E-state index is 0.0622. The normalized spacial score (nSPS) is 11.0. The lowest BCUT2D eigenvalue weighted by Crippen LogP contribution is -2.33. The topological polar surface area (TPSA) is 114 Å². The van der Waals surface area contributed by atoms with E-state index in [2.05, 4.69) is 10.6 Å². The Labute approximate surface area is 203 Å². The quantitative estimate of drug-likeness (QED) is 0.372. The molecule has 0 aromatic heterocycles.